The van der Waals surface area contributed by atoms with E-state index in [9.17, 15) is 9.59 Å². The molecule has 0 bridgehead atoms. The number of carboxylic acid groups (broad SMARTS) is 1. The Kier molecular flexibility index (Phi) is 6.10. The average Bonchev–Trinajstić information content (AvgIpc) is 3.11. The highest BCUT2D eigenvalue weighted by atomic mass is 16.5. The zero-order valence-electron chi connectivity index (χ0n) is 16.0. The van der Waals surface area contributed by atoms with Crippen LogP contribution in [-0.2, 0) is 17.7 Å². The summed E-state index contributed by atoms with van der Waals surface area (Å²) >= 11 is 0. The van der Waals surface area contributed by atoms with Gasteiger partial charge in [0.25, 0.3) is 0 Å². The number of rotatable bonds is 7. The third-order valence-corrected chi connectivity index (χ3v) is 4.47. The Morgan fingerprint density at radius 1 is 1.10 bits per heavy atom. The maximum atomic E-state index is 12.4. The molecule has 0 radical (unpaired) electrons. The molecule has 0 aliphatic heterocycles. The quantitative estimate of drug-likeness (QED) is 0.620. The van der Waals surface area contributed by atoms with Crippen molar-refractivity contribution >= 4 is 11.9 Å². The van der Waals surface area contributed by atoms with E-state index < -0.39 is 11.9 Å². The summed E-state index contributed by atoms with van der Waals surface area (Å²) in [6.07, 6.45) is 4.10. The van der Waals surface area contributed by atoms with Crippen LogP contribution in [0.4, 0.5) is 0 Å². The second-order valence-corrected chi connectivity index (χ2v) is 6.58. The van der Waals surface area contributed by atoms with Gasteiger partial charge in [0.1, 0.15) is 0 Å². The number of ether oxygens (including phenoxy) is 1. The largest absolute Gasteiger partial charge is 0.478 e. The number of benzene rings is 2. The summed E-state index contributed by atoms with van der Waals surface area (Å²) in [5, 5.41) is 18.1. The van der Waals surface area contributed by atoms with Gasteiger partial charge in [0.2, 0.25) is 0 Å². The van der Waals surface area contributed by atoms with Gasteiger partial charge in [-0.15, -0.1) is 0 Å². The summed E-state index contributed by atoms with van der Waals surface area (Å²) in [5.74, 6) is -1.37. The molecule has 0 fully saturated rings. The van der Waals surface area contributed by atoms with Crippen molar-refractivity contribution in [1.82, 2.24) is 4.57 Å². The SMILES string of the molecule is CCOC(=O)c1cn(Cc2cccc(C#N)c2)cc1Cc1ccc(C(=O)O)cc1. The van der Waals surface area contributed by atoms with E-state index in [0.29, 0.717) is 24.1 Å². The lowest BCUT2D eigenvalue weighted by molar-refractivity contribution is 0.0524. The predicted octanol–water partition coefficient (Wildman–Crippen LogP) is 3.87. The van der Waals surface area contributed by atoms with Gasteiger partial charge in [0.15, 0.2) is 0 Å². The summed E-state index contributed by atoms with van der Waals surface area (Å²) in [6, 6.07) is 16.0. The molecule has 3 rings (SSSR count). The molecule has 0 amide bonds. The number of carboxylic acids is 1. The highest BCUT2D eigenvalue weighted by Crippen LogP contribution is 2.19. The zero-order chi connectivity index (χ0) is 20.8. The minimum Gasteiger partial charge on any atom is -0.478 e. The molecule has 0 aliphatic rings. The molecule has 1 heterocycles. The standard InChI is InChI=1S/C23H20N2O4/c1-2-29-23(28)21-15-25(13-18-5-3-4-17(10-18)12-24)14-20(21)11-16-6-8-19(9-7-16)22(26)27/h3-10,14-15H,2,11,13H2,1H3,(H,26,27). The molecule has 0 saturated heterocycles. The van der Waals surface area contributed by atoms with E-state index in [-0.39, 0.29) is 12.2 Å². The second-order valence-electron chi connectivity index (χ2n) is 6.58. The third kappa shape index (κ3) is 4.90. The lowest BCUT2D eigenvalue weighted by Crippen LogP contribution is -2.06. The molecule has 3 aromatic rings. The van der Waals surface area contributed by atoms with Gasteiger partial charge in [0, 0.05) is 18.9 Å². The highest BCUT2D eigenvalue weighted by molar-refractivity contribution is 5.91. The van der Waals surface area contributed by atoms with E-state index in [1.807, 2.05) is 29.0 Å². The number of nitrogens with zero attached hydrogens (tertiary/aromatic N) is 2. The van der Waals surface area contributed by atoms with Crippen LogP contribution in [0.3, 0.4) is 0 Å². The van der Waals surface area contributed by atoms with Crippen molar-refractivity contribution in [3.8, 4) is 6.07 Å². The Labute approximate surface area is 168 Å². The molecule has 146 valence electrons. The Bertz CT molecular complexity index is 1080. The molecule has 0 atom stereocenters. The summed E-state index contributed by atoms with van der Waals surface area (Å²) < 4.78 is 7.08. The number of hydrogen-bond acceptors (Lipinski definition) is 4. The normalized spacial score (nSPS) is 10.3. The van der Waals surface area contributed by atoms with Crippen molar-refractivity contribution in [1.29, 1.82) is 5.26 Å². The van der Waals surface area contributed by atoms with Gasteiger partial charge in [-0.3, -0.25) is 0 Å². The molecule has 2 aromatic carbocycles. The van der Waals surface area contributed by atoms with Crippen molar-refractivity contribution < 1.29 is 19.4 Å². The van der Waals surface area contributed by atoms with Crippen LogP contribution in [0.1, 0.15) is 49.9 Å². The molecular weight excluding hydrogens is 368 g/mol. The first-order chi connectivity index (χ1) is 14.0. The van der Waals surface area contributed by atoms with Gasteiger partial charge < -0.3 is 14.4 Å². The Hall–Kier alpha value is -3.85. The van der Waals surface area contributed by atoms with Gasteiger partial charge in [0.05, 0.1) is 29.4 Å². The number of aromatic carboxylic acids is 1. The number of carbonyl (C=O) groups excluding carboxylic acids is 1. The first-order valence-electron chi connectivity index (χ1n) is 9.17. The van der Waals surface area contributed by atoms with Crippen LogP contribution in [-0.4, -0.2) is 28.2 Å². The molecule has 0 saturated carbocycles. The van der Waals surface area contributed by atoms with Crippen LogP contribution in [0, 0.1) is 11.3 Å². The molecule has 6 nitrogen and oxygen atoms in total. The van der Waals surface area contributed by atoms with Crippen LogP contribution >= 0.6 is 0 Å². The maximum Gasteiger partial charge on any atom is 0.339 e. The Morgan fingerprint density at radius 3 is 2.52 bits per heavy atom. The summed E-state index contributed by atoms with van der Waals surface area (Å²) in [6.45, 7) is 2.55. The van der Waals surface area contributed by atoms with E-state index in [1.54, 1.807) is 43.5 Å². The molecule has 0 aliphatic carbocycles. The van der Waals surface area contributed by atoms with E-state index >= 15 is 0 Å². The molecular formula is C23H20N2O4. The molecule has 1 N–H and O–H groups in total. The van der Waals surface area contributed by atoms with Crippen molar-refractivity contribution in [3.05, 3.63) is 94.3 Å². The van der Waals surface area contributed by atoms with Gasteiger partial charge in [-0.1, -0.05) is 24.3 Å². The molecule has 0 unspecified atom stereocenters. The fraction of sp³-hybridized carbons (Fsp3) is 0.174. The Morgan fingerprint density at radius 2 is 1.86 bits per heavy atom. The van der Waals surface area contributed by atoms with Crippen LogP contribution in [0.15, 0.2) is 60.9 Å². The lowest BCUT2D eigenvalue weighted by atomic mass is 10.0. The van der Waals surface area contributed by atoms with Crippen LogP contribution in [0.5, 0.6) is 0 Å². The minimum atomic E-state index is -0.977. The highest BCUT2D eigenvalue weighted by Gasteiger charge is 2.16. The van der Waals surface area contributed by atoms with Crippen molar-refractivity contribution in [2.45, 2.75) is 19.9 Å². The first kappa shape index (κ1) is 19.9. The smallest absolute Gasteiger partial charge is 0.339 e. The summed E-state index contributed by atoms with van der Waals surface area (Å²) in [7, 11) is 0. The van der Waals surface area contributed by atoms with Gasteiger partial charge in [-0.05, 0) is 54.3 Å². The van der Waals surface area contributed by atoms with E-state index in [2.05, 4.69) is 6.07 Å². The molecule has 1 aromatic heterocycles. The Balaban J connectivity index is 1.89. The van der Waals surface area contributed by atoms with Crippen LogP contribution in [0.2, 0.25) is 0 Å². The van der Waals surface area contributed by atoms with Crippen molar-refractivity contribution in [2.24, 2.45) is 0 Å². The molecule has 6 heteroatoms. The third-order valence-electron chi connectivity index (χ3n) is 4.47. The topological polar surface area (TPSA) is 92.3 Å². The summed E-state index contributed by atoms with van der Waals surface area (Å²) in [5.41, 5.74) is 3.92. The van der Waals surface area contributed by atoms with Crippen molar-refractivity contribution in [3.63, 3.8) is 0 Å². The van der Waals surface area contributed by atoms with Crippen LogP contribution in [0.25, 0.3) is 0 Å². The molecule has 29 heavy (non-hydrogen) atoms. The fourth-order valence-corrected chi connectivity index (χ4v) is 3.12. The minimum absolute atomic E-state index is 0.217. The van der Waals surface area contributed by atoms with Crippen molar-refractivity contribution in [2.75, 3.05) is 6.61 Å². The predicted molar refractivity (Wildman–Crippen MR) is 107 cm³/mol. The summed E-state index contributed by atoms with van der Waals surface area (Å²) in [4.78, 5) is 23.4. The van der Waals surface area contributed by atoms with Gasteiger partial charge in [-0.25, -0.2) is 9.59 Å². The maximum absolute atomic E-state index is 12.4. The number of hydrogen-bond donors (Lipinski definition) is 1. The number of nitriles is 1. The lowest BCUT2D eigenvalue weighted by Gasteiger charge is -2.04. The van der Waals surface area contributed by atoms with Gasteiger partial charge >= 0.3 is 11.9 Å². The number of aromatic nitrogens is 1. The zero-order valence-corrected chi connectivity index (χ0v) is 16.0. The van der Waals surface area contributed by atoms with Gasteiger partial charge in [-0.2, -0.15) is 5.26 Å². The van der Waals surface area contributed by atoms with Crippen LogP contribution < -0.4 is 0 Å². The fourth-order valence-electron chi connectivity index (χ4n) is 3.12. The van der Waals surface area contributed by atoms with E-state index in [1.165, 1.54) is 0 Å². The first-order valence-corrected chi connectivity index (χ1v) is 9.17. The second kappa shape index (κ2) is 8.89. The molecule has 0 spiro atoms. The average molecular weight is 388 g/mol. The monoisotopic (exact) mass is 388 g/mol. The number of esters is 1. The number of carbonyl (C=O) groups is 2. The van der Waals surface area contributed by atoms with E-state index in [0.717, 1.165) is 16.7 Å². The van der Waals surface area contributed by atoms with E-state index in [4.69, 9.17) is 15.1 Å².